The number of carbonyl (C=O) groups excluding carboxylic acids is 2. The first-order chi connectivity index (χ1) is 13.7. The minimum Gasteiger partial charge on any atom is -0.459 e. The Hall–Kier alpha value is -2.80. The molecule has 148 valence electrons. The molecule has 0 bridgehead atoms. The van der Waals surface area contributed by atoms with Crippen LogP contribution in [0.3, 0.4) is 0 Å². The van der Waals surface area contributed by atoms with Crippen molar-refractivity contribution in [2.45, 2.75) is 0 Å². The number of rotatable bonds is 4. The molecular weight excluding hydrogens is 356 g/mol. The normalized spacial score (nSPS) is 18.4. The van der Waals surface area contributed by atoms with Gasteiger partial charge in [0.25, 0.3) is 5.91 Å². The van der Waals surface area contributed by atoms with Crippen molar-refractivity contribution < 1.29 is 14.0 Å². The molecule has 7 heteroatoms. The van der Waals surface area contributed by atoms with E-state index in [9.17, 15) is 9.59 Å². The van der Waals surface area contributed by atoms with Crippen LogP contribution in [0.4, 0.5) is 5.69 Å². The summed E-state index contributed by atoms with van der Waals surface area (Å²) in [5.74, 6) is 0.406. The van der Waals surface area contributed by atoms with Crippen LogP contribution in [0.15, 0.2) is 53.1 Å². The molecule has 0 radical (unpaired) electrons. The quantitative estimate of drug-likeness (QED) is 0.800. The molecule has 0 unspecified atom stereocenters. The van der Waals surface area contributed by atoms with Crippen LogP contribution in [0.2, 0.25) is 0 Å². The Bertz CT molecular complexity index is 777. The van der Waals surface area contributed by atoms with Crippen molar-refractivity contribution in [3.63, 3.8) is 0 Å². The summed E-state index contributed by atoms with van der Waals surface area (Å²) in [5, 5.41) is 0. The highest BCUT2D eigenvalue weighted by Crippen LogP contribution is 2.16. The number of amides is 2. The molecule has 2 aliphatic heterocycles. The van der Waals surface area contributed by atoms with E-state index in [2.05, 4.69) is 34.1 Å². The highest BCUT2D eigenvalue weighted by molar-refractivity contribution is 5.91. The molecule has 2 aliphatic rings. The highest BCUT2D eigenvalue weighted by atomic mass is 16.3. The molecule has 0 aliphatic carbocycles. The molecule has 0 atom stereocenters. The van der Waals surface area contributed by atoms with Crippen LogP contribution in [0, 0.1) is 0 Å². The summed E-state index contributed by atoms with van der Waals surface area (Å²) in [6, 6.07) is 13.8. The summed E-state index contributed by atoms with van der Waals surface area (Å²) in [6.45, 7) is 6.35. The lowest BCUT2D eigenvalue weighted by molar-refractivity contribution is -0.134. The van der Waals surface area contributed by atoms with Gasteiger partial charge in [-0.3, -0.25) is 14.5 Å². The van der Waals surface area contributed by atoms with E-state index < -0.39 is 0 Å². The first-order valence-electron chi connectivity index (χ1n) is 9.83. The zero-order valence-electron chi connectivity index (χ0n) is 16.0. The number of piperazine rings is 2. The van der Waals surface area contributed by atoms with Gasteiger partial charge in [0, 0.05) is 58.0 Å². The first-order valence-corrected chi connectivity index (χ1v) is 9.83. The van der Waals surface area contributed by atoms with Gasteiger partial charge >= 0.3 is 0 Å². The molecule has 28 heavy (non-hydrogen) atoms. The molecule has 2 fully saturated rings. The molecule has 4 rings (SSSR count). The number of hydrogen-bond donors (Lipinski definition) is 0. The summed E-state index contributed by atoms with van der Waals surface area (Å²) < 4.78 is 5.18. The summed E-state index contributed by atoms with van der Waals surface area (Å²) in [4.78, 5) is 33.2. The monoisotopic (exact) mass is 382 g/mol. The molecule has 2 saturated heterocycles. The second-order valence-corrected chi connectivity index (χ2v) is 7.25. The van der Waals surface area contributed by atoms with Gasteiger partial charge in [-0.05, 0) is 24.3 Å². The SMILES string of the molecule is O=C(CN1CCN(c2ccccc2)CC1)N1CCN(C(=O)c2ccco2)CC1. The van der Waals surface area contributed by atoms with Gasteiger partial charge in [0.15, 0.2) is 5.76 Å². The lowest BCUT2D eigenvalue weighted by atomic mass is 10.2. The van der Waals surface area contributed by atoms with Gasteiger partial charge in [0.2, 0.25) is 5.91 Å². The molecule has 0 N–H and O–H groups in total. The first kappa shape index (κ1) is 18.6. The number of hydrogen-bond acceptors (Lipinski definition) is 5. The maximum Gasteiger partial charge on any atom is 0.289 e. The third-order valence-corrected chi connectivity index (χ3v) is 5.50. The van der Waals surface area contributed by atoms with Gasteiger partial charge in [-0.1, -0.05) is 18.2 Å². The number of furan rings is 1. The zero-order chi connectivity index (χ0) is 19.3. The van der Waals surface area contributed by atoms with Crippen LogP contribution >= 0.6 is 0 Å². The van der Waals surface area contributed by atoms with Crippen molar-refractivity contribution in [3.8, 4) is 0 Å². The number of para-hydroxylation sites is 1. The molecule has 1 aromatic heterocycles. The van der Waals surface area contributed by atoms with E-state index in [-0.39, 0.29) is 11.8 Å². The van der Waals surface area contributed by atoms with Crippen molar-refractivity contribution in [3.05, 3.63) is 54.5 Å². The van der Waals surface area contributed by atoms with Gasteiger partial charge in [0.1, 0.15) is 0 Å². The predicted octanol–water partition coefficient (Wildman–Crippen LogP) is 1.39. The van der Waals surface area contributed by atoms with E-state index in [4.69, 9.17) is 4.42 Å². The Balaban J connectivity index is 1.22. The van der Waals surface area contributed by atoms with Crippen molar-refractivity contribution in [1.82, 2.24) is 14.7 Å². The minimum absolute atomic E-state index is 0.103. The van der Waals surface area contributed by atoms with Gasteiger partial charge < -0.3 is 19.1 Å². The molecule has 0 spiro atoms. The van der Waals surface area contributed by atoms with Crippen LogP contribution in [0.25, 0.3) is 0 Å². The van der Waals surface area contributed by atoms with E-state index in [1.165, 1.54) is 12.0 Å². The Morgan fingerprint density at radius 2 is 1.46 bits per heavy atom. The standard InChI is InChI=1S/C21H26N4O3/c26-20(17-22-8-10-23(11-9-22)18-5-2-1-3-6-18)24-12-14-25(15-13-24)21(27)19-7-4-16-28-19/h1-7,16H,8-15,17H2. The fourth-order valence-electron chi connectivity index (χ4n) is 3.81. The molecule has 0 saturated carbocycles. The lowest BCUT2D eigenvalue weighted by Gasteiger charge is -2.38. The van der Waals surface area contributed by atoms with Gasteiger partial charge in [-0.25, -0.2) is 0 Å². The Kier molecular flexibility index (Phi) is 5.62. The Morgan fingerprint density at radius 3 is 2.11 bits per heavy atom. The second-order valence-electron chi connectivity index (χ2n) is 7.25. The number of anilines is 1. The number of nitrogens with zero attached hydrogens (tertiary/aromatic N) is 4. The summed E-state index contributed by atoms with van der Waals surface area (Å²) in [5.41, 5.74) is 1.24. The topological polar surface area (TPSA) is 60.2 Å². The molecule has 3 heterocycles. The fourth-order valence-corrected chi connectivity index (χ4v) is 3.81. The van der Waals surface area contributed by atoms with E-state index in [1.807, 2.05) is 11.0 Å². The van der Waals surface area contributed by atoms with E-state index in [1.54, 1.807) is 17.0 Å². The van der Waals surface area contributed by atoms with Crippen molar-refractivity contribution in [1.29, 1.82) is 0 Å². The van der Waals surface area contributed by atoms with Crippen LogP contribution in [0.1, 0.15) is 10.6 Å². The number of benzene rings is 1. The van der Waals surface area contributed by atoms with Gasteiger partial charge in [-0.15, -0.1) is 0 Å². The fraction of sp³-hybridized carbons (Fsp3) is 0.429. The van der Waals surface area contributed by atoms with E-state index >= 15 is 0 Å². The zero-order valence-corrected chi connectivity index (χ0v) is 16.0. The smallest absolute Gasteiger partial charge is 0.289 e. The summed E-state index contributed by atoms with van der Waals surface area (Å²) in [6.07, 6.45) is 1.50. The Morgan fingerprint density at radius 1 is 0.786 bits per heavy atom. The average molecular weight is 382 g/mol. The van der Waals surface area contributed by atoms with E-state index in [0.29, 0.717) is 38.5 Å². The van der Waals surface area contributed by atoms with Gasteiger partial charge in [0.05, 0.1) is 12.8 Å². The molecule has 2 aromatic rings. The number of carbonyl (C=O) groups is 2. The molecule has 7 nitrogen and oxygen atoms in total. The third-order valence-electron chi connectivity index (χ3n) is 5.50. The predicted molar refractivity (Wildman–Crippen MR) is 106 cm³/mol. The van der Waals surface area contributed by atoms with Crippen LogP contribution < -0.4 is 4.90 Å². The van der Waals surface area contributed by atoms with Crippen LogP contribution in [-0.4, -0.2) is 85.4 Å². The molecule has 1 aromatic carbocycles. The summed E-state index contributed by atoms with van der Waals surface area (Å²) >= 11 is 0. The maximum absolute atomic E-state index is 12.7. The van der Waals surface area contributed by atoms with Crippen molar-refractivity contribution in [2.24, 2.45) is 0 Å². The highest BCUT2D eigenvalue weighted by Gasteiger charge is 2.27. The van der Waals surface area contributed by atoms with Crippen molar-refractivity contribution in [2.75, 3.05) is 63.8 Å². The third kappa shape index (κ3) is 4.20. The lowest BCUT2D eigenvalue weighted by Crippen LogP contribution is -2.54. The second kappa shape index (κ2) is 8.48. The summed E-state index contributed by atoms with van der Waals surface area (Å²) in [7, 11) is 0. The van der Waals surface area contributed by atoms with Gasteiger partial charge in [-0.2, -0.15) is 0 Å². The van der Waals surface area contributed by atoms with E-state index in [0.717, 1.165) is 26.2 Å². The Labute approximate surface area is 165 Å². The maximum atomic E-state index is 12.7. The molecular formula is C21H26N4O3. The molecule has 2 amide bonds. The van der Waals surface area contributed by atoms with Crippen LogP contribution in [-0.2, 0) is 4.79 Å². The average Bonchev–Trinajstić information content (AvgIpc) is 3.29. The van der Waals surface area contributed by atoms with Crippen LogP contribution in [0.5, 0.6) is 0 Å². The van der Waals surface area contributed by atoms with Crippen molar-refractivity contribution >= 4 is 17.5 Å². The minimum atomic E-state index is -0.103. The largest absolute Gasteiger partial charge is 0.459 e.